The van der Waals surface area contributed by atoms with Crippen LogP contribution in [0.15, 0.2) is 23.4 Å². The smallest absolute Gasteiger partial charge is 0.119 e. The Labute approximate surface area is 94.2 Å². The highest BCUT2D eigenvalue weighted by Crippen LogP contribution is 2.20. The van der Waals surface area contributed by atoms with E-state index in [2.05, 4.69) is 4.98 Å². The molecule has 5 heteroatoms. The normalized spacial score (nSPS) is 10.5. The molecule has 1 rings (SSSR count). The Hall–Kier alpha value is -0.780. The molecule has 1 aromatic heterocycles. The first-order valence-corrected chi connectivity index (χ1v) is 5.73. The molecule has 0 aliphatic heterocycles. The quantitative estimate of drug-likeness (QED) is 0.565. The maximum Gasteiger partial charge on any atom is 0.119 e. The molecule has 0 saturated carbocycles. The Bertz CT molecular complexity index is 284. The molecule has 0 spiro atoms. The zero-order valence-electron chi connectivity index (χ0n) is 8.81. The van der Waals surface area contributed by atoms with Gasteiger partial charge in [-0.25, -0.2) is 4.98 Å². The van der Waals surface area contributed by atoms with E-state index in [-0.39, 0.29) is 0 Å². The van der Waals surface area contributed by atoms with Gasteiger partial charge in [-0.05, 0) is 12.1 Å². The number of rotatable bonds is 7. The Morgan fingerprint density at radius 3 is 3.00 bits per heavy atom. The molecule has 0 unspecified atom stereocenters. The van der Waals surface area contributed by atoms with Gasteiger partial charge in [-0.2, -0.15) is 0 Å². The lowest BCUT2D eigenvalue weighted by Crippen LogP contribution is -2.04. The predicted octanol–water partition coefficient (Wildman–Crippen LogP) is 1.42. The van der Waals surface area contributed by atoms with E-state index >= 15 is 0 Å². The number of anilines is 1. The van der Waals surface area contributed by atoms with Crippen LogP contribution in [0, 0.1) is 0 Å². The third kappa shape index (κ3) is 5.01. The average molecular weight is 228 g/mol. The van der Waals surface area contributed by atoms with Crippen LogP contribution in [0.4, 0.5) is 5.69 Å². The monoisotopic (exact) mass is 228 g/mol. The van der Waals surface area contributed by atoms with Crippen molar-refractivity contribution < 1.29 is 9.47 Å². The number of thioether (sulfide) groups is 1. The first kappa shape index (κ1) is 12.3. The summed E-state index contributed by atoms with van der Waals surface area (Å²) in [6.45, 7) is 1.95. The van der Waals surface area contributed by atoms with Gasteiger partial charge in [0.25, 0.3) is 0 Å². The lowest BCUT2D eigenvalue weighted by Gasteiger charge is -2.04. The molecule has 0 radical (unpaired) electrons. The molecule has 1 aromatic rings. The fourth-order valence-corrected chi connectivity index (χ4v) is 1.73. The molecule has 0 bridgehead atoms. The van der Waals surface area contributed by atoms with E-state index in [1.165, 1.54) is 0 Å². The molecule has 15 heavy (non-hydrogen) atoms. The van der Waals surface area contributed by atoms with Gasteiger partial charge in [0.1, 0.15) is 5.03 Å². The number of pyridine rings is 1. The number of nitrogens with two attached hydrogens (primary N) is 1. The van der Waals surface area contributed by atoms with Gasteiger partial charge in [0.15, 0.2) is 0 Å². The summed E-state index contributed by atoms with van der Waals surface area (Å²) in [7, 11) is 1.66. The number of methoxy groups -OCH3 is 1. The Morgan fingerprint density at radius 1 is 1.40 bits per heavy atom. The number of aromatic nitrogens is 1. The zero-order chi connectivity index (χ0) is 10.9. The molecule has 0 aromatic carbocycles. The van der Waals surface area contributed by atoms with E-state index in [4.69, 9.17) is 15.2 Å². The topological polar surface area (TPSA) is 57.4 Å². The third-order valence-electron chi connectivity index (χ3n) is 1.70. The van der Waals surface area contributed by atoms with E-state index in [1.807, 2.05) is 12.1 Å². The van der Waals surface area contributed by atoms with E-state index in [0.717, 1.165) is 16.5 Å². The summed E-state index contributed by atoms with van der Waals surface area (Å²) in [6.07, 6.45) is 1.74. The van der Waals surface area contributed by atoms with Crippen LogP contribution in [0.2, 0.25) is 0 Å². The van der Waals surface area contributed by atoms with Crippen molar-refractivity contribution in [2.75, 3.05) is 38.4 Å². The predicted molar refractivity (Wildman–Crippen MR) is 62.1 cm³/mol. The van der Waals surface area contributed by atoms with Gasteiger partial charge in [-0.1, -0.05) is 0 Å². The number of ether oxygens (including phenoxy) is 2. The van der Waals surface area contributed by atoms with Crippen molar-refractivity contribution in [3.05, 3.63) is 18.3 Å². The van der Waals surface area contributed by atoms with Gasteiger partial charge in [0, 0.05) is 19.1 Å². The molecule has 0 aliphatic rings. The van der Waals surface area contributed by atoms with Crippen LogP contribution < -0.4 is 5.73 Å². The van der Waals surface area contributed by atoms with Crippen molar-refractivity contribution in [1.29, 1.82) is 0 Å². The van der Waals surface area contributed by atoms with Crippen molar-refractivity contribution in [3.8, 4) is 0 Å². The van der Waals surface area contributed by atoms with Crippen LogP contribution in [0.1, 0.15) is 0 Å². The summed E-state index contributed by atoms with van der Waals surface area (Å²) in [5, 5.41) is 0.868. The van der Waals surface area contributed by atoms with Gasteiger partial charge in [0.2, 0.25) is 0 Å². The summed E-state index contributed by atoms with van der Waals surface area (Å²) in [4.78, 5) is 4.17. The second-order valence-corrected chi connectivity index (χ2v) is 3.94. The molecule has 84 valence electrons. The fourth-order valence-electron chi connectivity index (χ4n) is 0.965. The summed E-state index contributed by atoms with van der Waals surface area (Å²) in [6, 6.07) is 3.68. The van der Waals surface area contributed by atoms with E-state index < -0.39 is 0 Å². The minimum atomic E-state index is 0.634. The van der Waals surface area contributed by atoms with Crippen molar-refractivity contribution >= 4 is 17.4 Å². The minimum Gasteiger partial charge on any atom is -0.397 e. The summed E-state index contributed by atoms with van der Waals surface area (Å²) in [5.74, 6) is 0.852. The highest BCUT2D eigenvalue weighted by atomic mass is 32.2. The van der Waals surface area contributed by atoms with Gasteiger partial charge in [-0.15, -0.1) is 11.8 Å². The van der Waals surface area contributed by atoms with E-state index in [0.29, 0.717) is 19.8 Å². The van der Waals surface area contributed by atoms with Gasteiger partial charge >= 0.3 is 0 Å². The molecular weight excluding hydrogens is 212 g/mol. The Kier molecular flexibility index (Phi) is 6.15. The van der Waals surface area contributed by atoms with Crippen molar-refractivity contribution in [2.24, 2.45) is 0 Å². The molecule has 0 atom stereocenters. The highest BCUT2D eigenvalue weighted by molar-refractivity contribution is 7.99. The third-order valence-corrected chi connectivity index (χ3v) is 2.68. The first-order chi connectivity index (χ1) is 7.34. The van der Waals surface area contributed by atoms with E-state index in [9.17, 15) is 0 Å². The molecule has 0 aliphatic carbocycles. The van der Waals surface area contributed by atoms with Crippen LogP contribution in [0.3, 0.4) is 0 Å². The number of hydrogen-bond acceptors (Lipinski definition) is 5. The maximum absolute atomic E-state index is 5.74. The zero-order valence-corrected chi connectivity index (χ0v) is 9.63. The maximum atomic E-state index is 5.74. The van der Waals surface area contributed by atoms with Gasteiger partial charge < -0.3 is 15.2 Å². The SMILES string of the molecule is COCCOCCSc1ncccc1N. The average Bonchev–Trinajstić information content (AvgIpc) is 2.25. The van der Waals surface area contributed by atoms with Crippen LogP contribution in [-0.2, 0) is 9.47 Å². The minimum absolute atomic E-state index is 0.634. The highest BCUT2D eigenvalue weighted by Gasteiger charge is 1.99. The summed E-state index contributed by atoms with van der Waals surface area (Å²) >= 11 is 1.60. The lowest BCUT2D eigenvalue weighted by atomic mass is 10.4. The molecule has 0 saturated heterocycles. The molecular formula is C10H16N2O2S. The fraction of sp³-hybridized carbons (Fsp3) is 0.500. The van der Waals surface area contributed by atoms with Crippen molar-refractivity contribution in [3.63, 3.8) is 0 Å². The number of nitrogen functional groups attached to an aromatic ring is 1. The van der Waals surface area contributed by atoms with Crippen molar-refractivity contribution in [1.82, 2.24) is 4.98 Å². The molecule has 2 N–H and O–H groups in total. The van der Waals surface area contributed by atoms with Crippen LogP contribution in [0.25, 0.3) is 0 Å². The Balaban J connectivity index is 2.12. The molecule has 4 nitrogen and oxygen atoms in total. The largest absolute Gasteiger partial charge is 0.397 e. The van der Waals surface area contributed by atoms with Crippen LogP contribution >= 0.6 is 11.8 Å². The summed E-state index contributed by atoms with van der Waals surface area (Å²) < 4.78 is 10.2. The number of nitrogens with zero attached hydrogens (tertiary/aromatic N) is 1. The Morgan fingerprint density at radius 2 is 2.27 bits per heavy atom. The lowest BCUT2D eigenvalue weighted by molar-refractivity contribution is 0.0790. The van der Waals surface area contributed by atoms with E-state index in [1.54, 1.807) is 25.1 Å². The van der Waals surface area contributed by atoms with Crippen molar-refractivity contribution in [2.45, 2.75) is 5.03 Å². The van der Waals surface area contributed by atoms with Gasteiger partial charge in [0.05, 0.1) is 25.5 Å². The number of hydrogen-bond donors (Lipinski definition) is 1. The van der Waals surface area contributed by atoms with Gasteiger partial charge in [-0.3, -0.25) is 0 Å². The molecule has 0 amide bonds. The van der Waals surface area contributed by atoms with Crippen LogP contribution in [0.5, 0.6) is 0 Å². The molecule has 0 fully saturated rings. The first-order valence-electron chi connectivity index (χ1n) is 4.74. The summed E-state index contributed by atoms with van der Waals surface area (Å²) in [5.41, 5.74) is 6.46. The standard InChI is InChI=1S/C10H16N2O2S/c1-13-5-6-14-7-8-15-10-9(11)3-2-4-12-10/h2-4H,5-8,11H2,1H3. The second-order valence-electron chi connectivity index (χ2n) is 2.85. The van der Waals surface area contributed by atoms with Crippen LogP contribution in [-0.4, -0.2) is 37.7 Å². The molecule has 1 heterocycles. The second kappa shape index (κ2) is 7.50.